The molecule has 41 heavy (non-hydrogen) atoms. The SMILES string of the molecule is CC(C)(C)OC(=O)N(Cc1ccc2nc(Cn3cc(-c4cncc(N5CCCCC5)c4)nn3)cn2c1)CC1CCC1. The number of amides is 1. The average molecular weight is 557 g/mol. The van der Waals surface area contributed by atoms with E-state index in [9.17, 15) is 4.79 Å². The molecule has 0 spiro atoms. The molecule has 2 aliphatic rings. The van der Waals surface area contributed by atoms with Crippen molar-refractivity contribution < 1.29 is 9.53 Å². The van der Waals surface area contributed by atoms with Gasteiger partial charge in [-0.2, -0.15) is 0 Å². The van der Waals surface area contributed by atoms with Gasteiger partial charge in [0.1, 0.15) is 16.9 Å². The predicted octanol–water partition coefficient (Wildman–Crippen LogP) is 5.56. The van der Waals surface area contributed by atoms with Crippen LogP contribution in [-0.2, 0) is 17.8 Å². The van der Waals surface area contributed by atoms with Crippen molar-refractivity contribution in [2.24, 2.45) is 5.92 Å². The molecule has 1 saturated carbocycles. The van der Waals surface area contributed by atoms with Crippen molar-refractivity contribution >= 4 is 17.4 Å². The van der Waals surface area contributed by atoms with Crippen LogP contribution in [0.2, 0.25) is 0 Å². The number of piperidine rings is 1. The van der Waals surface area contributed by atoms with E-state index in [0.29, 0.717) is 19.0 Å². The van der Waals surface area contributed by atoms with Gasteiger partial charge in [-0.1, -0.05) is 17.7 Å². The Morgan fingerprint density at radius 1 is 1.05 bits per heavy atom. The van der Waals surface area contributed by atoms with E-state index in [-0.39, 0.29) is 6.09 Å². The maximum absolute atomic E-state index is 13.0. The van der Waals surface area contributed by atoms with E-state index in [1.54, 1.807) is 0 Å². The van der Waals surface area contributed by atoms with Crippen LogP contribution < -0.4 is 4.90 Å². The molecule has 0 unspecified atom stereocenters. The van der Waals surface area contributed by atoms with Crippen molar-refractivity contribution in [3.63, 3.8) is 0 Å². The topological polar surface area (TPSA) is 93.7 Å². The predicted molar refractivity (Wildman–Crippen MR) is 158 cm³/mol. The van der Waals surface area contributed by atoms with E-state index in [1.807, 2.05) is 71.7 Å². The molecule has 10 heteroatoms. The first-order chi connectivity index (χ1) is 19.8. The fraction of sp³-hybridized carbons (Fsp3) is 0.516. The summed E-state index contributed by atoms with van der Waals surface area (Å²) in [4.78, 5) is 26.5. The fourth-order valence-corrected chi connectivity index (χ4v) is 5.56. The second kappa shape index (κ2) is 11.5. The smallest absolute Gasteiger partial charge is 0.410 e. The van der Waals surface area contributed by atoms with Gasteiger partial charge in [0.25, 0.3) is 0 Å². The largest absolute Gasteiger partial charge is 0.444 e. The molecule has 1 aliphatic heterocycles. The van der Waals surface area contributed by atoms with Gasteiger partial charge in [0.05, 0.1) is 36.9 Å². The zero-order valence-electron chi connectivity index (χ0n) is 24.4. The summed E-state index contributed by atoms with van der Waals surface area (Å²) in [5.74, 6) is 0.557. The summed E-state index contributed by atoms with van der Waals surface area (Å²) in [5.41, 5.74) is 5.17. The summed E-state index contributed by atoms with van der Waals surface area (Å²) in [7, 11) is 0. The van der Waals surface area contributed by atoms with Gasteiger partial charge in [0, 0.05) is 43.8 Å². The number of pyridine rings is 2. The summed E-state index contributed by atoms with van der Waals surface area (Å²) in [6.07, 6.45) is 16.9. The van der Waals surface area contributed by atoms with Crippen molar-refractivity contribution in [3.05, 3.63) is 60.4 Å². The molecule has 1 saturated heterocycles. The molecular weight excluding hydrogens is 516 g/mol. The highest BCUT2D eigenvalue weighted by molar-refractivity contribution is 5.68. The van der Waals surface area contributed by atoms with E-state index in [0.717, 1.165) is 53.5 Å². The molecule has 0 atom stereocenters. The number of hydrogen-bond acceptors (Lipinski definition) is 7. The minimum Gasteiger partial charge on any atom is -0.444 e. The number of fused-ring (bicyclic) bond motifs is 1. The highest BCUT2D eigenvalue weighted by atomic mass is 16.6. The third kappa shape index (κ3) is 6.69. The van der Waals surface area contributed by atoms with E-state index in [4.69, 9.17) is 9.72 Å². The minimum atomic E-state index is -0.522. The first kappa shape index (κ1) is 27.2. The van der Waals surface area contributed by atoms with Crippen LogP contribution in [0.25, 0.3) is 16.9 Å². The summed E-state index contributed by atoms with van der Waals surface area (Å²) >= 11 is 0. The van der Waals surface area contributed by atoms with Gasteiger partial charge in [0.15, 0.2) is 0 Å². The van der Waals surface area contributed by atoms with Gasteiger partial charge in [-0.25, -0.2) is 14.5 Å². The number of nitrogens with zero attached hydrogens (tertiary/aromatic N) is 8. The Morgan fingerprint density at radius 3 is 2.63 bits per heavy atom. The lowest BCUT2D eigenvalue weighted by atomic mass is 9.85. The Bertz CT molecular complexity index is 1490. The van der Waals surface area contributed by atoms with Crippen molar-refractivity contribution in [1.29, 1.82) is 0 Å². The van der Waals surface area contributed by atoms with Crippen LogP contribution in [0.4, 0.5) is 10.5 Å². The normalized spacial score (nSPS) is 16.1. The quantitative estimate of drug-likeness (QED) is 0.280. The monoisotopic (exact) mass is 556 g/mol. The molecule has 5 heterocycles. The van der Waals surface area contributed by atoms with Crippen LogP contribution in [0.1, 0.15) is 70.6 Å². The second-order valence-electron chi connectivity index (χ2n) is 12.5. The Morgan fingerprint density at radius 2 is 1.88 bits per heavy atom. The number of carbonyl (C=O) groups is 1. The Hall–Kier alpha value is -3.95. The van der Waals surface area contributed by atoms with E-state index in [1.165, 1.54) is 38.5 Å². The summed E-state index contributed by atoms with van der Waals surface area (Å²) in [6.45, 7) is 9.63. The minimum absolute atomic E-state index is 0.255. The second-order valence-corrected chi connectivity index (χ2v) is 12.5. The van der Waals surface area contributed by atoms with E-state index >= 15 is 0 Å². The third-order valence-corrected chi connectivity index (χ3v) is 7.89. The zero-order chi connectivity index (χ0) is 28.4. The van der Waals surface area contributed by atoms with Crippen molar-refractivity contribution in [3.8, 4) is 11.3 Å². The molecule has 10 nitrogen and oxygen atoms in total. The summed E-state index contributed by atoms with van der Waals surface area (Å²) in [5, 5.41) is 8.78. The number of anilines is 1. The molecule has 6 rings (SSSR count). The van der Waals surface area contributed by atoms with E-state index < -0.39 is 5.60 Å². The van der Waals surface area contributed by atoms with Gasteiger partial charge < -0.3 is 18.9 Å². The number of rotatable bonds is 8. The van der Waals surface area contributed by atoms with Crippen molar-refractivity contribution in [1.82, 2.24) is 34.3 Å². The zero-order valence-corrected chi connectivity index (χ0v) is 24.4. The fourth-order valence-electron chi connectivity index (χ4n) is 5.56. The first-order valence-electron chi connectivity index (χ1n) is 14.8. The standard InChI is InChI=1S/C31H40N8O2/c1-31(2,3)41-30(40)38(17-23-8-7-9-23)19-24-10-11-29-33-26(20-37(29)18-24)21-39-22-28(34-35-39)25-14-27(16-32-15-25)36-12-5-4-6-13-36/h10-11,14-16,18,20,22-23H,4-9,12-13,17,19,21H2,1-3H3. The van der Waals surface area contributed by atoms with Crippen LogP contribution in [0.3, 0.4) is 0 Å². The van der Waals surface area contributed by atoms with Gasteiger partial charge >= 0.3 is 6.09 Å². The number of ether oxygens (including phenoxy) is 1. The molecular formula is C31H40N8O2. The molecule has 1 aliphatic carbocycles. The maximum Gasteiger partial charge on any atom is 0.410 e. The molecule has 216 valence electrons. The lowest BCUT2D eigenvalue weighted by Gasteiger charge is -2.33. The maximum atomic E-state index is 13.0. The molecule has 0 aromatic carbocycles. The summed E-state index contributed by atoms with van der Waals surface area (Å²) < 4.78 is 9.55. The number of imidazole rings is 1. The molecule has 4 aromatic heterocycles. The lowest BCUT2D eigenvalue weighted by molar-refractivity contribution is 0.0173. The average Bonchev–Trinajstić information content (AvgIpc) is 3.56. The van der Waals surface area contributed by atoms with E-state index in [2.05, 4.69) is 32.5 Å². The number of carbonyl (C=O) groups excluding carboxylic acids is 1. The van der Waals surface area contributed by atoms with Crippen LogP contribution in [0.15, 0.2) is 49.2 Å². The molecule has 0 N–H and O–H groups in total. The molecule has 1 amide bonds. The Kier molecular flexibility index (Phi) is 7.64. The van der Waals surface area contributed by atoms with Gasteiger partial charge in [-0.15, -0.1) is 5.10 Å². The highest BCUT2D eigenvalue weighted by Crippen LogP contribution is 2.29. The molecule has 4 aromatic rings. The summed E-state index contributed by atoms with van der Waals surface area (Å²) in [6, 6.07) is 6.20. The van der Waals surface area contributed by atoms with Crippen LogP contribution in [0, 0.1) is 5.92 Å². The Balaban J connectivity index is 1.14. The van der Waals surface area contributed by atoms with Gasteiger partial charge in [-0.3, -0.25) is 4.98 Å². The van der Waals surface area contributed by atoms with Crippen LogP contribution in [-0.4, -0.2) is 65.6 Å². The van der Waals surface area contributed by atoms with Crippen LogP contribution >= 0.6 is 0 Å². The first-order valence-corrected chi connectivity index (χ1v) is 14.8. The molecule has 0 radical (unpaired) electrons. The van der Waals surface area contributed by atoms with Crippen LogP contribution in [0.5, 0.6) is 0 Å². The molecule has 2 fully saturated rings. The van der Waals surface area contributed by atoms with Gasteiger partial charge in [-0.05, 0) is 76.5 Å². The third-order valence-electron chi connectivity index (χ3n) is 7.89. The highest BCUT2D eigenvalue weighted by Gasteiger charge is 2.27. The van der Waals surface area contributed by atoms with Gasteiger partial charge in [0.2, 0.25) is 0 Å². The number of hydrogen-bond donors (Lipinski definition) is 0. The number of aromatic nitrogens is 6. The lowest BCUT2D eigenvalue weighted by Crippen LogP contribution is -2.40. The molecule has 0 bridgehead atoms. The van der Waals surface area contributed by atoms with Crippen molar-refractivity contribution in [2.45, 2.75) is 78.0 Å². The Labute approximate surface area is 241 Å². The van der Waals surface area contributed by atoms with Crippen molar-refractivity contribution in [2.75, 3.05) is 24.5 Å².